The minimum absolute atomic E-state index is 0.117. The molecule has 1 saturated heterocycles. The zero-order valence-corrected chi connectivity index (χ0v) is 13.1. The van der Waals surface area contributed by atoms with Gasteiger partial charge in [0.05, 0.1) is 12.2 Å². The van der Waals surface area contributed by atoms with E-state index in [1.54, 1.807) is 37.4 Å². The van der Waals surface area contributed by atoms with Crippen LogP contribution in [0.1, 0.15) is 32.0 Å². The molecule has 2 heterocycles. The Labute approximate surface area is 123 Å². The van der Waals surface area contributed by atoms with Crippen molar-refractivity contribution in [2.45, 2.75) is 45.8 Å². The Hall–Kier alpha value is -1.56. The third-order valence-electron chi connectivity index (χ3n) is 3.80. The predicted molar refractivity (Wildman–Crippen MR) is 75.2 cm³/mol. The summed E-state index contributed by atoms with van der Waals surface area (Å²) in [5.41, 5.74) is 0.632. The summed E-state index contributed by atoms with van der Waals surface area (Å²) >= 11 is 6.21. The van der Waals surface area contributed by atoms with Crippen LogP contribution in [-0.2, 0) is 23.2 Å². The zero-order chi connectivity index (χ0) is 15.2. The van der Waals surface area contributed by atoms with Crippen molar-refractivity contribution < 1.29 is 9.59 Å². The SMILES string of the molecule is Cc1nn(C)c(Cl)c1CN1C(=O)C(C)NC(=O)C1(C)C. The molecule has 0 bridgehead atoms. The van der Waals surface area contributed by atoms with Gasteiger partial charge in [-0.05, 0) is 27.7 Å². The van der Waals surface area contributed by atoms with Crippen molar-refractivity contribution in [3.63, 3.8) is 0 Å². The first-order chi connectivity index (χ1) is 9.16. The molecule has 2 amide bonds. The summed E-state index contributed by atoms with van der Waals surface area (Å²) in [6.45, 7) is 7.26. The lowest BCUT2D eigenvalue weighted by Crippen LogP contribution is -2.67. The molecule has 0 radical (unpaired) electrons. The molecule has 1 unspecified atom stereocenters. The van der Waals surface area contributed by atoms with E-state index in [1.165, 1.54) is 0 Å². The molecule has 110 valence electrons. The maximum Gasteiger partial charge on any atom is 0.246 e. The first kappa shape index (κ1) is 14.8. The topological polar surface area (TPSA) is 67.2 Å². The molecule has 0 aliphatic carbocycles. The second-order valence-corrected chi connectivity index (χ2v) is 6.01. The lowest BCUT2D eigenvalue weighted by Gasteiger charge is -2.43. The highest BCUT2D eigenvalue weighted by Gasteiger charge is 2.45. The minimum atomic E-state index is -0.908. The smallest absolute Gasteiger partial charge is 0.246 e. The molecule has 1 aromatic rings. The van der Waals surface area contributed by atoms with Gasteiger partial charge in [0, 0.05) is 12.6 Å². The summed E-state index contributed by atoms with van der Waals surface area (Å²) in [4.78, 5) is 26.0. The predicted octanol–water partition coefficient (Wildman–Crippen LogP) is 1.01. The standard InChI is InChI=1S/C13H19ClN4O2/c1-7-9(10(14)17(5)16-7)6-18-11(19)8(2)15-12(20)13(18,3)4/h8H,6H2,1-5H3,(H,15,20). The van der Waals surface area contributed by atoms with Crippen molar-refractivity contribution in [2.24, 2.45) is 7.05 Å². The van der Waals surface area contributed by atoms with E-state index in [1.807, 2.05) is 6.92 Å². The zero-order valence-electron chi connectivity index (χ0n) is 12.3. The fourth-order valence-electron chi connectivity index (χ4n) is 2.35. The van der Waals surface area contributed by atoms with Crippen LogP contribution in [0.3, 0.4) is 0 Å². The van der Waals surface area contributed by atoms with Gasteiger partial charge in [-0.3, -0.25) is 14.3 Å². The summed E-state index contributed by atoms with van der Waals surface area (Å²) < 4.78 is 1.57. The van der Waals surface area contributed by atoms with E-state index in [2.05, 4.69) is 10.4 Å². The van der Waals surface area contributed by atoms with Crippen LogP contribution in [0.2, 0.25) is 5.15 Å². The van der Waals surface area contributed by atoms with Gasteiger partial charge in [-0.1, -0.05) is 11.6 Å². The Balaban J connectivity index is 2.39. The van der Waals surface area contributed by atoms with E-state index in [9.17, 15) is 9.59 Å². The summed E-state index contributed by atoms with van der Waals surface area (Å²) in [5, 5.41) is 7.41. The Bertz CT molecular complexity index is 579. The number of nitrogens with one attached hydrogen (secondary N) is 1. The molecule has 1 N–H and O–H groups in total. The van der Waals surface area contributed by atoms with Gasteiger partial charge < -0.3 is 10.2 Å². The minimum Gasteiger partial charge on any atom is -0.343 e. The van der Waals surface area contributed by atoms with E-state index >= 15 is 0 Å². The van der Waals surface area contributed by atoms with Crippen LogP contribution in [0.4, 0.5) is 0 Å². The molecular formula is C13H19ClN4O2. The van der Waals surface area contributed by atoms with Crippen molar-refractivity contribution in [2.75, 3.05) is 0 Å². The molecule has 20 heavy (non-hydrogen) atoms. The van der Waals surface area contributed by atoms with Crippen molar-refractivity contribution in [1.29, 1.82) is 0 Å². The third kappa shape index (κ3) is 2.18. The molecule has 1 aromatic heterocycles. The first-order valence-electron chi connectivity index (χ1n) is 6.46. The highest BCUT2D eigenvalue weighted by Crippen LogP contribution is 2.27. The highest BCUT2D eigenvalue weighted by molar-refractivity contribution is 6.30. The van der Waals surface area contributed by atoms with Crippen LogP contribution in [-0.4, -0.2) is 38.1 Å². The van der Waals surface area contributed by atoms with Crippen molar-refractivity contribution in [3.05, 3.63) is 16.4 Å². The van der Waals surface area contributed by atoms with E-state index in [0.717, 1.165) is 11.3 Å². The van der Waals surface area contributed by atoms with Crippen LogP contribution in [0.5, 0.6) is 0 Å². The average Bonchev–Trinajstić information content (AvgIpc) is 2.58. The lowest BCUT2D eigenvalue weighted by molar-refractivity contribution is -0.155. The number of hydrogen-bond donors (Lipinski definition) is 1. The third-order valence-corrected chi connectivity index (χ3v) is 4.27. The van der Waals surface area contributed by atoms with Gasteiger partial charge in [0.15, 0.2) is 0 Å². The fraction of sp³-hybridized carbons (Fsp3) is 0.615. The summed E-state index contributed by atoms with van der Waals surface area (Å²) in [6, 6.07) is -0.522. The summed E-state index contributed by atoms with van der Waals surface area (Å²) in [7, 11) is 1.75. The van der Waals surface area contributed by atoms with Crippen LogP contribution in [0.25, 0.3) is 0 Å². The van der Waals surface area contributed by atoms with Gasteiger partial charge in [0.1, 0.15) is 16.7 Å². The number of piperazine rings is 1. The van der Waals surface area contributed by atoms with Crippen molar-refractivity contribution in [1.82, 2.24) is 20.0 Å². The molecule has 1 aliphatic heterocycles. The van der Waals surface area contributed by atoms with Gasteiger partial charge in [0.2, 0.25) is 11.8 Å². The molecule has 1 fully saturated rings. The number of carbonyl (C=O) groups excluding carboxylic acids is 2. The average molecular weight is 299 g/mol. The lowest BCUT2D eigenvalue weighted by atomic mass is 9.95. The Morgan fingerprint density at radius 2 is 2.00 bits per heavy atom. The molecular weight excluding hydrogens is 280 g/mol. The van der Waals surface area contributed by atoms with Gasteiger partial charge in [0.25, 0.3) is 0 Å². The molecule has 0 saturated carbocycles. The maximum absolute atomic E-state index is 12.4. The summed E-state index contributed by atoms with van der Waals surface area (Å²) in [5.74, 6) is -0.281. The van der Waals surface area contributed by atoms with E-state index in [-0.39, 0.29) is 18.4 Å². The van der Waals surface area contributed by atoms with Crippen molar-refractivity contribution >= 4 is 23.4 Å². The quantitative estimate of drug-likeness (QED) is 0.886. The van der Waals surface area contributed by atoms with E-state index in [4.69, 9.17) is 11.6 Å². The number of rotatable bonds is 2. The number of aromatic nitrogens is 2. The fourth-order valence-corrected chi connectivity index (χ4v) is 2.59. The van der Waals surface area contributed by atoms with Crippen molar-refractivity contribution in [3.8, 4) is 0 Å². The largest absolute Gasteiger partial charge is 0.343 e. The maximum atomic E-state index is 12.4. The second kappa shape index (κ2) is 4.77. The van der Waals surface area contributed by atoms with Gasteiger partial charge in [-0.2, -0.15) is 5.10 Å². The molecule has 0 aromatic carbocycles. The molecule has 1 atom stereocenters. The number of hydrogen-bond acceptors (Lipinski definition) is 3. The number of nitrogens with zero attached hydrogens (tertiary/aromatic N) is 3. The molecule has 2 rings (SSSR count). The monoisotopic (exact) mass is 298 g/mol. The van der Waals surface area contributed by atoms with Crippen LogP contribution in [0, 0.1) is 6.92 Å². The van der Waals surface area contributed by atoms with Gasteiger partial charge in [-0.15, -0.1) is 0 Å². The number of aryl methyl sites for hydroxylation is 2. The van der Waals surface area contributed by atoms with Gasteiger partial charge >= 0.3 is 0 Å². The molecule has 7 heteroatoms. The first-order valence-corrected chi connectivity index (χ1v) is 6.84. The Kier molecular flexibility index (Phi) is 3.54. The van der Waals surface area contributed by atoms with Gasteiger partial charge in [-0.25, -0.2) is 0 Å². The molecule has 1 aliphatic rings. The van der Waals surface area contributed by atoms with Crippen LogP contribution in [0.15, 0.2) is 0 Å². The molecule has 0 spiro atoms. The number of carbonyl (C=O) groups is 2. The normalized spacial score (nSPS) is 22.1. The Morgan fingerprint density at radius 1 is 1.40 bits per heavy atom. The highest BCUT2D eigenvalue weighted by atomic mass is 35.5. The van der Waals surface area contributed by atoms with E-state index < -0.39 is 11.6 Å². The van der Waals surface area contributed by atoms with E-state index in [0.29, 0.717) is 5.15 Å². The number of amides is 2. The number of halogens is 1. The van der Waals surface area contributed by atoms with Crippen LogP contribution < -0.4 is 5.32 Å². The Morgan fingerprint density at radius 3 is 2.50 bits per heavy atom. The second-order valence-electron chi connectivity index (χ2n) is 5.66. The molecule has 6 nitrogen and oxygen atoms in total. The van der Waals surface area contributed by atoms with Crippen LogP contribution >= 0.6 is 11.6 Å². The summed E-state index contributed by atoms with van der Waals surface area (Å²) in [6.07, 6.45) is 0.